The minimum Gasteiger partial charge on any atom is -0.489 e. The number of hydrogen-bond acceptors (Lipinski definition) is 2. The van der Waals surface area contributed by atoms with Gasteiger partial charge in [0, 0.05) is 12.8 Å². The molecule has 4 heteroatoms. The lowest BCUT2D eigenvalue weighted by Gasteiger charge is -2.25. The molecule has 120 valence electrons. The summed E-state index contributed by atoms with van der Waals surface area (Å²) in [5.41, 5.74) is 2.46. The molecule has 2 aromatic rings. The maximum absolute atomic E-state index is 6.45. The highest BCUT2D eigenvalue weighted by atomic mass is 79.9. The van der Waals surface area contributed by atoms with E-state index in [4.69, 9.17) is 9.47 Å². The molecule has 0 N–H and O–H groups in total. The van der Waals surface area contributed by atoms with E-state index in [0.29, 0.717) is 0 Å². The maximum Gasteiger partial charge on any atom is 0.137 e. The van der Waals surface area contributed by atoms with Crippen molar-refractivity contribution in [3.63, 3.8) is 0 Å². The second-order valence-electron chi connectivity index (χ2n) is 6.28. The number of para-hydroxylation sites is 2. The van der Waals surface area contributed by atoms with Crippen molar-refractivity contribution in [3.05, 3.63) is 56.5 Å². The van der Waals surface area contributed by atoms with Gasteiger partial charge in [0.25, 0.3) is 0 Å². The van der Waals surface area contributed by atoms with Crippen LogP contribution in [-0.2, 0) is 12.8 Å². The first kappa shape index (κ1) is 15.5. The van der Waals surface area contributed by atoms with Gasteiger partial charge in [0.2, 0.25) is 0 Å². The van der Waals surface area contributed by atoms with Gasteiger partial charge in [-0.05, 0) is 74.4 Å². The van der Waals surface area contributed by atoms with Crippen molar-refractivity contribution in [1.82, 2.24) is 0 Å². The normalized spacial score (nSPS) is 23.0. The quantitative estimate of drug-likeness (QED) is 0.527. The lowest BCUT2D eigenvalue weighted by atomic mass is 10.0. The second-order valence-corrected chi connectivity index (χ2v) is 7.98. The van der Waals surface area contributed by atoms with Crippen LogP contribution in [-0.4, -0.2) is 12.2 Å². The second kappa shape index (κ2) is 6.48. The molecule has 4 rings (SSSR count). The molecular formula is C19H18Br2O2. The Bertz CT molecular complexity index is 668. The molecule has 0 aliphatic carbocycles. The standard InChI is InChI=1S/C19H18Br2O2/c20-16-8-1-4-12-10-14-6-3-7-15(22-18(12)16)11-13-5-2-9-17(21)19(13)23-14/h1-2,4-5,8-9,14-15H,3,6-7,10-11H2/t14-,15-/m1/s1. The van der Waals surface area contributed by atoms with Gasteiger partial charge in [0.1, 0.15) is 23.7 Å². The molecule has 0 saturated carbocycles. The molecule has 2 nitrogen and oxygen atoms in total. The minimum atomic E-state index is 0.181. The van der Waals surface area contributed by atoms with Crippen molar-refractivity contribution in [2.45, 2.75) is 44.3 Å². The predicted molar refractivity (Wildman–Crippen MR) is 98.4 cm³/mol. The van der Waals surface area contributed by atoms with Crippen LogP contribution in [0.15, 0.2) is 45.3 Å². The zero-order chi connectivity index (χ0) is 15.8. The first-order chi connectivity index (χ1) is 11.2. The summed E-state index contributed by atoms with van der Waals surface area (Å²) >= 11 is 7.31. The third-order valence-electron chi connectivity index (χ3n) is 4.61. The van der Waals surface area contributed by atoms with Crippen LogP contribution in [0.25, 0.3) is 0 Å². The summed E-state index contributed by atoms with van der Waals surface area (Å²) in [5.74, 6) is 1.98. The van der Waals surface area contributed by atoms with E-state index in [2.05, 4.69) is 68.3 Å². The van der Waals surface area contributed by atoms with Gasteiger partial charge >= 0.3 is 0 Å². The average Bonchev–Trinajstić information content (AvgIpc) is 2.66. The summed E-state index contributed by atoms with van der Waals surface area (Å²) in [5, 5.41) is 0. The fraction of sp³-hybridized carbons (Fsp3) is 0.368. The number of ether oxygens (including phenoxy) is 2. The molecule has 0 aromatic heterocycles. The third-order valence-corrected chi connectivity index (χ3v) is 5.86. The predicted octanol–water partition coefficient (Wildman–Crippen LogP) is 5.69. The van der Waals surface area contributed by atoms with Gasteiger partial charge in [-0.25, -0.2) is 0 Å². The molecular weight excluding hydrogens is 420 g/mol. The van der Waals surface area contributed by atoms with Crippen LogP contribution in [0.1, 0.15) is 30.4 Å². The SMILES string of the molecule is Brc1cccc2c1O[C@@H]1CCC[C@H](C2)Oc2c(Br)cccc2C1. The molecule has 0 fully saturated rings. The van der Waals surface area contributed by atoms with E-state index in [1.165, 1.54) is 11.1 Å². The van der Waals surface area contributed by atoms with E-state index in [1.807, 2.05) is 0 Å². The van der Waals surface area contributed by atoms with E-state index < -0.39 is 0 Å². The summed E-state index contributed by atoms with van der Waals surface area (Å²) in [6.45, 7) is 0. The van der Waals surface area contributed by atoms with Gasteiger partial charge in [-0.15, -0.1) is 0 Å². The highest BCUT2D eigenvalue weighted by molar-refractivity contribution is 9.10. The molecule has 0 amide bonds. The Balaban J connectivity index is 1.82. The van der Waals surface area contributed by atoms with Crippen LogP contribution in [0.4, 0.5) is 0 Å². The number of hydrogen-bond donors (Lipinski definition) is 0. The van der Waals surface area contributed by atoms with Gasteiger partial charge in [0.15, 0.2) is 0 Å². The summed E-state index contributed by atoms with van der Waals surface area (Å²) in [6.07, 6.45) is 5.37. The van der Waals surface area contributed by atoms with Crippen molar-refractivity contribution in [1.29, 1.82) is 0 Å². The van der Waals surface area contributed by atoms with Crippen LogP contribution in [0, 0.1) is 0 Å². The summed E-state index contributed by atoms with van der Waals surface area (Å²) in [4.78, 5) is 0. The number of rotatable bonds is 0. The maximum atomic E-state index is 6.45. The molecule has 2 atom stereocenters. The third kappa shape index (κ3) is 3.16. The number of benzene rings is 2. The lowest BCUT2D eigenvalue weighted by molar-refractivity contribution is 0.186. The fourth-order valence-corrected chi connectivity index (χ4v) is 4.50. The fourth-order valence-electron chi connectivity index (χ4n) is 3.49. The molecule has 0 unspecified atom stereocenters. The van der Waals surface area contributed by atoms with Crippen molar-refractivity contribution < 1.29 is 9.47 Å². The first-order valence-corrected chi connectivity index (χ1v) is 9.67. The van der Waals surface area contributed by atoms with Gasteiger partial charge < -0.3 is 9.47 Å². The summed E-state index contributed by atoms with van der Waals surface area (Å²) in [7, 11) is 0. The van der Waals surface area contributed by atoms with Crippen LogP contribution < -0.4 is 9.47 Å². The van der Waals surface area contributed by atoms with Crippen molar-refractivity contribution in [2.75, 3.05) is 0 Å². The van der Waals surface area contributed by atoms with Crippen LogP contribution in [0.2, 0.25) is 0 Å². The average molecular weight is 438 g/mol. The van der Waals surface area contributed by atoms with E-state index >= 15 is 0 Å². The Hall–Kier alpha value is -1.00. The van der Waals surface area contributed by atoms with Gasteiger partial charge in [-0.3, -0.25) is 0 Å². The highest BCUT2D eigenvalue weighted by Crippen LogP contribution is 2.39. The zero-order valence-corrected chi connectivity index (χ0v) is 15.9. The lowest BCUT2D eigenvalue weighted by Crippen LogP contribution is -2.23. The molecule has 2 aromatic carbocycles. The van der Waals surface area contributed by atoms with Crippen molar-refractivity contribution in [3.8, 4) is 11.5 Å². The molecule has 23 heavy (non-hydrogen) atoms. The summed E-state index contributed by atoms with van der Waals surface area (Å²) < 4.78 is 15.0. The van der Waals surface area contributed by atoms with Gasteiger partial charge in [-0.1, -0.05) is 24.3 Å². The number of fused-ring (bicyclic) bond motifs is 6. The van der Waals surface area contributed by atoms with Crippen molar-refractivity contribution >= 4 is 31.9 Å². The Morgan fingerprint density at radius 1 is 0.739 bits per heavy atom. The van der Waals surface area contributed by atoms with Crippen LogP contribution in [0.3, 0.4) is 0 Å². The molecule has 2 heterocycles. The molecule has 0 saturated heterocycles. The molecule has 2 aliphatic rings. The molecule has 0 spiro atoms. The minimum absolute atomic E-state index is 0.181. The summed E-state index contributed by atoms with van der Waals surface area (Å²) in [6, 6.07) is 12.6. The van der Waals surface area contributed by atoms with E-state index in [0.717, 1.165) is 52.5 Å². The van der Waals surface area contributed by atoms with Gasteiger partial charge in [0.05, 0.1) is 8.95 Å². The monoisotopic (exact) mass is 436 g/mol. The topological polar surface area (TPSA) is 18.5 Å². The first-order valence-electron chi connectivity index (χ1n) is 8.09. The van der Waals surface area contributed by atoms with Gasteiger partial charge in [-0.2, -0.15) is 0 Å². The van der Waals surface area contributed by atoms with Crippen molar-refractivity contribution in [2.24, 2.45) is 0 Å². The van der Waals surface area contributed by atoms with Crippen LogP contribution >= 0.6 is 31.9 Å². The molecule has 2 aliphatic heterocycles. The Morgan fingerprint density at radius 2 is 1.22 bits per heavy atom. The Kier molecular flexibility index (Phi) is 4.37. The Morgan fingerprint density at radius 3 is 1.70 bits per heavy atom. The molecule has 0 radical (unpaired) electrons. The highest BCUT2D eigenvalue weighted by Gasteiger charge is 2.27. The van der Waals surface area contributed by atoms with E-state index in [9.17, 15) is 0 Å². The number of halogens is 2. The Labute approximate surface area is 153 Å². The largest absolute Gasteiger partial charge is 0.489 e. The smallest absolute Gasteiger partial charge is 0.137 e. The van der Waals surface area contributed by atoms with E-state index in [-0.39, 0.29) is 12.2 Å². The van der Waals surface area contributed by atoms with Crippen LogP contribution in [0.5, 0.6) is 11.5 Å². The van der Waals surface area contributed by atoms with E-state index in [1.54, 1.807) is 0 Å². The zero-order valence-electron chi connectivity index (χ0n) is 12.7. The molecule has 2 bridgehead atoms.